The van der Waals surface area contributed by atoms with Crippen LogP contribution >= 0.6 is 11.6 Å². The van der Waals surface area contributed by atoms with Crippen molar-refractivity contribution in [2.24, 2.45) is 0 Å². The van der Waals surface area contributed by atoms with Crippen molar-refractivity contribution in [1.29, 1.82) is 0 Å². The van der Waals surface area contributed by atoms with Gasteiger partial charge in [0.1, 0.15) is 5.75 Å². The molecule has 0 radical (unpaired) electrons. The Labute approximate surface area is 84.7 Å². The lowest BCUT2D eigenvalue weighted by Crippen LogP contribution is -1.95. The maximum absolute atomic E-state index is 6.16. The van der Waals surface area contributed by atoms with Crippen LogP contribution in [0.4, 0.5) is 0 Å². The second kappa shape index (κ2) is 4.52. The van der Waals surface area contributed by atoms with Crippen LogP contribution in [-0.2, 0) is 0 Å². The number of halogens is 1. The normalized spacial score (nSPS) is 10.5. The van der Waals surface area contributed by atoms with Crippen LogP contribution in [0.15, 0.2) is 18.2 Å². The number of rotatable bonds is 3. The van der Waals surface area contributed by atoms with E-state index >= 15 is 0 Å². The quantitative estimate of drug-likeness (QED) is 0.717. The van der Waals surface area contributed by atoms with Crippen molar-refractivity contribution in [1.82, 2.24) is 0 Å². The van der Waals surface area contributed by atoms with Gasteiger partial charge in [0.15, 0.2) is 0 Å². The summed E-state index contributed by atoms with van der Waals surface area (Å²) in [5.74, 6) is 1.23. The van der Waals surface area contributed by atoms with Crippen LogP contribution < -0.4 is 4.74 Å². The Morgan fingerprint density at radius 1 is 1.38 bits per heavy atom. The molecule has 13 heavy (non-hydrogen) atoms. The third-order valence-corrected chi connectivity index (χ3v) is 2.32. The molecule has 0 bridgehead atoms. The number of hydrogen-bond acceptors (Lipinski definition) is 1. The molecule has 0 N–H and O–H groups in total. The summed E-state index contributed by atoms with van der Waals surface area (Å²) >= 11 is 6.16. The topological polar surface area (TPSA) is 9.23 Å². The Balaban J connectivity index is 3.03. The van der Waals surface area contributed by atoms with Gasteiger partial charge < -0.3 is 4.74 Å². The van der Waals surface area contributed by atoms with Crippen LogP contribution in [0.1, 0.15) is 32.3 Å². The fourth-order valence-electron chi connectivity index (χ4n) is 1.24. The van der Waals surface area contributed by atoms with E-state index in [1.54, 1.807) is 0 Å². The van der Waals surface area contributed by atoms with Gasteiger partial charge in [-0.3, -0.25) is 0 Å². The van der Waals surface area contributed by atoms with Crippen molar-refractivity contribution in [3.63, 3.8) is 0 Å². The van der Waals surface area contributed by atoms with Gasteiger partial charge in [0.25, 0.3) is 0 Å². The van der Waals surface area contributed by atoms with Gasteiger partial charge in [-0.25, -0.2) is 0 Å². The number of hydrogen-bond donors (Lipinski definition) is 0. The Kier molecular flexibility index (Phi) is 3.61. The standard InChI is InChI=1S/C11H15ClO/c1-4-13-10-7-5-6-9(8(2)3)11(10)12/h5-8H,4H2,1-3H3. The highest BCUT2D eigenvalue weighted by atomic mass is 35.5. The third-order valence-electron chi connectivity index (χ3n) is 1.92. The zero-order chi connectivity index (χ0) is 9.84. The van der Waals surface area contributed by atoms with Gasteiger partial charge in [-0.1, -0.05) is 37.6 Å². The van der Waals surface area contributed by atoms with E-state index in [0.29, 0.717) is 12.5 Å². The number of benzene rings is 1. The Bertz CT molecular complexity index is 281. The molecule has 2 heteroatoms. The zero-order valence-electron chi connectivity index (χ0n) is 8.30. The summed E-state index contributed by atoms with van der Waals surface area (Å²) in [6, 6.07) is 5.92. The molecule has 0 unspecified atom stereocenters. The Hall–Kier alpha value is -0.690. The van der Waals surface area contributed by atoms with Gasteiger partial charge in [-0.15, -0.1) is 0 Å². The molecule has 1 aromatic carbocycles. The fraction of sp³-hybridized carbons (Fsp3) is 0.455. The van der Waals surface area contributed by atoms with Crippen molar-refractivity contribution in [2.75, 3.05) is 6.61 Å². The van der Waals surface area contributed by atoms with Crippen LogP contribution in [0.3, 0.4) is 0 Å². The molecule has 0 saturated carbocycles. The number of ether oxygens (including phenoxy) is 1. The first kappa shape index (κ1) is 10.4. The van der Waals surface area contributed by atoms with E-state index < -0.39 is 0 Å². The minimum atomic E-state index is 0.438. The molecule has 1 nitrogen and oxygen atoms in total. The molecule has 0 fully saturated rings. The average molecular weight is 199 g/mol. The Morgan fingerprint density at radius 3 is 2.62 bits per heavy atom. The molecule has 0 aromatic heterocycles. The van der Waals surface area contributed by atoms with Crippen molar-refractivity contribution in [2.45, 2.75) is 26.7 Å². The highest BCUT2D eigenvalue weighted by Gasteiger charge is 2.08. The first-order chi connectivity index (χ1) is 6.16. The second-order valence-electron chi connectivity index (χ2n) is 3.25. The first-order valence-corrected chi connectivity index (χ1v) is 4.95. The molecule has 0 aliphatic rings. The van der Waals surface area contributed by atoms with E-state index in [-0.39, 0.29) is 0 Å². The van der Waals surface area contributed by atoms with Crippen molar-refractivity contribution >= 4 is 11.6 Å². The van der Waals surface area contributed by atoms with E-state index in [0.717, 1.165) is 16.3 Å². The summed E-state index contributed by atoms with van der Waals surface area (Å²) < 4.78 is 5.40. The van der Waals surface area contributed by atoms with Gasteiger partial charge in [0.2, 0.25) is 0 Å². The molecule has 0 heterocycles. The van der Waals surface area contributed by atoms with Gasteiger partial charge >= 0.3 is 0 Å². The third kappa shape index (κ3) is 2.38. The van der Waals surface area contributed by atoms with E-state index in [1.807, 2.05) is 25.1 Å². The average Bonchev–Trinajstić information content (AvgIpc) is 2.08. The molecular weight excluding hydrogens is 184 g/mol. The molecule has 72 valence electrons. The molecule has 1 rings (SSSR count). The lowest BCUT2D eigenvalue weighted by molar-refractivity contribution is 0.340. The summed E-state index contributed by atoms with van der Waals surface area (Å²) in [5, 5.41) is 0.749. The lowest BCUT2D eigenvalue weighted by Gasteiger charge is -2.11. The largest absolute Gasteiger partial charge is 0.492 e. The lowest BCUT2D eigenvalue weighted by atomic mass is 10.0. The van der Waals surface area contributed by atoms with Crippen molar-refractivity contribution in [3.8, 4) is 5.75 Å². The van der Waals surface area contributed by atoms with Gasteiger partial charge in [-0.2, -0.15) is 0 Å². The van der Waals surface area contributed by atoms with Crippen LogP contribution in [0.5, 0.6) is 5.75 Å². The van der Waals surface area contributed by atoms with Crippen LogP contribution in [0.2, 0.25) is 5.02 Å². The molecule has 0 aliphatic heterocycles. The summed E-state index contributed by atoms with van der Waals surface area (Å²) in [6.45, 7) is 6.85. The summed E-state index contributed by atoms with van der Waals surface area (Å²) in [4.78, 5) is 0. The molecule has 0 amide bonds. The molecule has 0 saturated heterocycles. The van der Waals surface area contributed by atoms with Crippen LogP contribution in [-0.4, -0.2) is 6.61 Å². The molecule has 0 aliphatic carbocycles. The van der Waals surface area contributed by atoms with Crippen molar-refractivity contribution in [3.05, 3.63) is 28.8 Å². The van der Waals surface area contributed by atoms with E-state index in [2.05, 4.69) is 13.8 Å². The Morgan fingerprint density at radius 2 is 2.08 bits per heavy atom. The molecule has 0 atom stereocenters. The van der Waals surface area contributed by atoms with Crippen LogP contribution in [0.25, 0.3) is 0 Å². The van der Waals surface area contributed by atoms with Gasteiger partial charge in [-0.05, 0) is 24.5 Å². The van der Waals surface area contributed by atoms with E-state index in [9.17, 15) is 0 Å². The van der Waals surface area contributed by atoms with Gasteiger partial charge in [0.05, 0.1) is 11.6 Å². The molecule has 0 spiro atoms. The maximum Gasteiger partial charge on any atom is 0.138 e. The molecular formula is C11H15ClO. The minimum absolute atomic E-state index is 0.438. The monoisotopic (exact) mass is 198 g/mol. The maximum atomic E-state index is 6.16. The predicted molar refractivity (Wildman–Crippen MR) is 56.7 cm³/mol. The summed E-state index contributed by atoms with van der Waals surface area (Å²) in [6.07, 6.45) is 0. The van der Waals surface area contributed by atoms with E-state index in [4.69, 9.17) is 16.3 Å². The minimum Gasteiger partial charge on any atom is -0.492 e. The van der Waals surface area contributed by atoms with E-state index in [1.165, 1.54) is 0 Å². The fourth-order valence-corrected chi connectivity index (χ4v) is 1.64. The highest BCUT2D eigenvalue weighted by molar-refractivity contribution is 6.32. The summed E-state index contributed by atoms with van der Waals surface area (Å²) in [5.41, 5.74) is 1.15. The SMILES string of the molecule is CCOc1cccc(C(C)C)c1Cl. The van der Waals surface area contributed by atoms with Crippen LogP contribution in [0, 0.1) is 0 Å². The first-order valence-electron chi connectivity index (χ1n) is 4.58. The second-order valence-corrected chi connectivity index (χ2v) is 3.63. The van der Waals surface area contributed by atoms with Gasteiger partial charge in [0, 0.05) is 0 Å². The van der Waals surface area contributed by atoms with Crippen molar-refractivity contribution < 1.29 is 4.74 Å². The predicted octanol–water partition coefficient (Wildman–Crippen LogP) is 3.86. The highest BCUT2D eigenvalue weighted by Crippen LogP contribution is 2.32. The molecule has 1 aromatic rings. The summed E-state index contributed by atoms with van der Waals surface area (Å²) in [7, 11) is 0. The smallest absolute Gasteiger partial charge is 0.138 e. The zero-order valence-corrected chi connectivity index (χ0v) is 9.06.